The molecule has 1 aromatic heterocycles. The Bertz CT molecular complexity index is 479. The van der Waals surface area contributed by atoms with Crippen LogP contribution in [0.3, 0.4) is 0 Å². The molecular formula is C16H21N3. The molecule has 0 aliphatic carbocycles. The zero-order chi connectivity index (χ0) is 13.5. The molecule has 3 nitrogen and oxygen atoms in total. The van der Waals surface area contributed by atoms with Gasteiger partial charge in [0.1, 0.15) is 0 Å². The summed E-state index contributed by atoms with van der Waals surface area (Å²) in [6.07, 6.45) is 3.68. The molecule has 0 fully saturated rings. The van der Waals surface area contributed by atoms with Crippen LogP contribution in [0.4, 0.5) is 5.69 Å². The predicted molar refractivity (Wildman–Crippen MR) is 80.2 cm³/mol. The maximum atomic E-state index is 4.03. The second kappa shape index (κ2) is 6.90. The van der Waals surface area contributed by atoms with Crippen molar-refractivity contribution in [3.8, 4) is 0 Å². The zero-order valence-corrected chi connectivity index (χ0v) is 11.6. The Morgan fingerprint density at radius 1 is 1.05 bits per heavy atom. The molecule has 19 heavy (non-hydrogen) atoms. The number of likely N-dealkylation sites (N-methyl/N-ethyl adjacent to an activating group) is 1. The van der Waals surface area contributed by atoms with Crippen LogP contribution in [-0.4, -0.2) is 30.0 Å². The van der Waals surface area contributed by atoms with E-state index < -0.39 is 0 Å². The van der Waals surface area contributed by atoms with E-state index in [1.807, 2.05) is 12.4 Å². The monoisotopic (exact) mass is 255 g/mol. The molecule has 0 saturated carbocycles. The molecule has 0 bridgehead atoms. The van der Waals surface area contributed by atoms with Crippen molar-refractivity contribution in [3.63, 3.8) is 0 Å². The lowest BCUT2D eigenvalue weighted by Gasteiger charge is -2.17. The Morgan fingerprint density at radius 3 is 2.42 bits per heavy atom. The van der Waals surface area contributed by atoms with Crippen molar-refractivity contribution in [2.75, 3.05) is 25.5 Å². The number of aryl methyl sites for hydroxylation is 1. The van der Waals surface area contributed by atoms with Crippen molar-refractivity contribution >= 4 is 5.69 Å². The number of aromatic nitrogens is 1. The lowest BCUT2D eigenvalue weighted by molar-refractivity contribution is 0.340. The predicted octanol–water partition coefficient (Wildman–Crippen LogP) is 2.93. The van der Waals surface area contributed by atoms with Gasteiger partial charge >= 0.3 is 0 Å². The van der Waals surface area contributed by atoms with Gasteiger partial charge in [0.05, 0.1) is 0 Å². The van der Waals surface area contributed by atoms with Crippen LogP contribution in [0.2, 0.25) is 0 Å². The highest BCUT2D eigenvalue weighted by atomic mass is 15.1. The molecule has 0 saturated heterocycles. The number of nitrogens with zero attached hydrogens (tertiary/aromatic N) is 2. The Hall–Kier alpha value is -1.87. The fourth-order valence-electron chi connectivity index (χ4n) is 1.94. The highest BCUT2D eigenvalue weighted by Crippen LogP contribution is 2.08. The van der Waals surface area contributed by atoms with Gasteiger partial charge in [-0.2, -0.15) is 0 Å². The smallest absolute Gasteiger partial charge is 0.0340 e. The number of nitrogens with one attached hydrogen (secondary N) is 1. The highest BCUT2D eigenvalue weighted by Gasteiger charge is 1.99. The topological polar surface area (TPSA) is 28.2 Å². The van der Waals surface area contributed by atoms with Crippen molar-refractivity contribution in [1.82, 2.24) is 9.88 Å². The van der Waals surface area contributed by atoms with Crippen molar-refractivity contribution in [2.45, 2.75) is 13.5 Å². The number of hydrogen-bond acceptors (Lipinski definition) is 3. The minimum atomic E-state index is 0.949. The molecule has 0 aliphatic rings. The fraction of sp³-hybridized carbons (Fsp3) is 0.312. The third-order valence-corrected chi connectivity index (χ3v) is 3.08. The number of hydrogen-bond donors (Lipinski definition) is 1. The number of pyridine rings is 1. The Kier molecular flexibility index (Phi) is 4.93. The Labute approximate surface area is 115 Å². The van der Waals surface area contributed by atoms with Gasteiger partial charge in [-0.1, -0.05) is 17.7 Å². The second-order valence-corrected chi connectivity index (χ2v) is 4.89. The number of benzene rings is 1. The van der Waals surface area contributed by atoms with Gasteiger partial charge in [-0.15, -0.1) is 0 Å². The molecular weight excluding hydrogens is 234 g/mol. The summed E-state index contributed by atoms with van der Waals surface area (Å²) in [7, 11) is 2.14. The van der Waals surface area contributed by atoms with Gasteiger partial charge in [0.15, 0.2) is 0 Å². The van der Waals surface area contributed by atoms with Crippen molar-refractivity contribution in [2.24, 2.45) is 0 Å². The Balaban J connectivity index is 1.72. The summed E-state index contributed by atoms with van der Waals surface area (Å²) in [6, 6.07) is 12.6. The van der Waals surface area contributed by atoms with Crippen LogP contribution >= 0.6 is 0 Å². The van der Waals surface area contributed by atoms with Crippen LogP contribution in [-0.2, 0) is 6.54 Å². The molecule has 0 spiro atoms. The average molecular weight is 255 g/mol. The molecule has 100 valence electrons. The van der Waals surface area contributed by atoms with Gasteiger partial charge in [-0.3, -0.25) is 4.98 Å². The first-order valence-corrected chi connectivity index (χ1v) is 6.62. The van der Waals surface area contributed by atoms with E-state index >= 15 is 0 Å². The lowest BCUT2D eigenvalue weighted by Crippen LogP contribution is -2.24. The highest BCUT2D eigenvalue weighted by molar-refractivity contribution is 5.44. The normalized spacial score (nSPS) is 10.7. The first kappa shape index (κ1) is 13.6. The largest absolute Gasteiger partial charge is 0.384 e. The Morgan fingerprint density at radius 2 is 1.74 bits per heavy atom. The first-order chi connectivity index (χ1) is 9.24. The van der Waals surface area contributed by atoms with Gasteiger partial charge in [0.25, 0.3) is 0 Å². The summed E-state index contributed by atoms with van der Waals surface area (Å²) in [6.45, 7) is 5.02. The van der Waals surface area contributed by atoms with E-state index in [0.29, 0.717) is 0 Å². The van der Waals surface area contributed by atoms with E-state index in [4.69, 9.17) is 0 Å². The van der Waals surface area contributed by atoms with Gasteiger partial charge in [-0.25, -0.2) is 0 Å². The number of rotatable bonds is 6. The van der Waals surface area contributed by atoms with Crippen molar-refractivity contribution < 1.29 is 0 Å². The molecule has 1 aromatic carbocycles. The third-order valence-electron chi connectivity index (χ3n) is 3.08. The third kappa shape index (κ3) is 4.72. The van der Waals surface area contributed by atoms with Crippen LogP contribution in [0.25, 0.3) is 0 Å². The van der Waals surface area contributed by atoms with Gasteiger partial charge in [0.2, 0.25) is 0 Å². The molecule has 0 unspecified atom stereocenters. The van der Waals surface area contributed by atoms with E-state index in [9.17, 15) is 0 Å². The molecule has 2 rings (SSSR count). The van der Waals surface area contributed by atoms with Crippen LogP contribution in [0.1, 0.15) is 11.1 Å². The van der Waals surface area contributed by atoms with Crippen molar-refractivity contribution in [1.29, 1.82) is 0 Å². The lowest BCUT2D eigenvalue weighted by atomic mass is 10.2. The van der Waals surface area contributed by atoms with Crippen LogP contribution < -0.4 is 5.32 Å². The van der Waals surface area contributed by atoms with Crippen LogP contribution in [0, 0.1) is 6.92 Å². The molecule has 3 heteroatoms. The van der Waals surface area contributed by atoms with Crippen LogP contribution in [0.5, 0.6) is 0 Å². The standard InChI is InChI=1S/C16H21N3/c1-14-3-5-16(6-4-14)18-11-12-19(2)13-15-7-9-17-10-8-15/h3-10,18H,11-13H2,1-2H3. The van der Waals surface area contributed by atoms with E-state index in [0.717, 1.165) is 19.6 Å². The minimum Gasteiger partial charge on any atom is -0.384 e. The van der Waals surface area contributed by atoms with Gasteiger partial charge in [-0.05, 0) is 43.8 Å². The summed E-state index contributed by atoms with van der Waals surface area (Å²) in [5, 5.41) is 3.43. The fourth-order valence-corrected chi connectivity index (χ4v) is 1.94. The molecule has 2 aromatic rings. The van der Waals surface area contributed by atoms with E-state index in [-0.39, 0.29) is 0 Å². The summed E-state index contributed by atoms with van der Waals surface area (Å²) in [5.74, 6) is 0. The molecule has 0 aliphatic heterocycles. The van der Waals surface area contributed by atoms with E-state index in [1.165, 1.54) is 16.8 Å². The molecule has 1 heterocycles. The molecule has 0 atom stereocenters. The van der Waals surface area contributed by atoms with Gasteiger partial charge < -0.3 is 10.2 Å². The molecule has 0 radical (unpaired) electrons. The summed E-state index contributed by atoms with van der Waals surface area (Å²) in [4.78, 5) is 6.33. The van der Waals surface area contributed by atoms with Crippen molar-refractivity contribution in [3.05, 3.63) is 59.9 Å². The maximum Gasteiger partial charge on any atom is 0.0340 e. The number of anilines is 1. The SMILES string of the molecule is Cc1ccc(NCCN(C)Cc2ccncc2)cc1. The summed E-state index contributed by atoms with van der Waals surface area (Å²) < 4.78 is 0. The minimum absolute atomic E-state index is 0.949. The van der Waals surface area contributed by atoms with E-state index in [1.54, 1.807) is 0 Å². The quantitative estimate of drug-likeness (QED) is 0.860. The molecule has 1 N–H and O–H groups in total. The first-order valence-electron chi connectivity index (χ1n) is 6.62. The maximum absolute atomic E-state index is 4.03. The summed E-state index contributed by atoms with van der Waals surface area (Å²) in [5.41, 5.74) is 3.77. The average Bonchev–Trinajstić information content (AvgIpc) is 2.42. The van der Waals surface area contributed by atoms with Gasteiger partial charge in [0, 0.05) is 37.7 Å². The molecule has 0 amide bonds. The van der Waals surface area contributed by atoms with Crippen LogP contribution in [0.15, 0.2) is 48.8 Å². The van der Waals surface area contributed by atoms with E-state index in [2.05, 4.69) is 65.6 Å². The second-order valence-electron chi connectivity index (χ2n) is 4.89. The summed E-state index contributed by atoms with van der Waals surface area (Å²) >= 11 is 0. The zero-order valence-electron chi connectivity index (χ0n) is 11.6.